The molecular weight excluding hydrogens is 271 g/mol. The van der Waals surface area contributed by atoms with Gasteiger partial charge in [0, 0.05) is 0 Å². The van der Waals surface area contributed by atoms with Crippen molar-refractivity contribution in [2.75, 3.05) is 19.4 Å². The standard InChI is InChI=1S/C16H25O3P/c1-4-18-20(17,19-5-2)14-13-15(3)11-12-16-9-7-6-8-10-16/h6-10,13H,4-5,11-12,14H2,1-3H3/b15-13+. The van der Waals surface area contributed by atoms with Crippen molar-refractivity contribution in [3.63, 3.8) is 0 Å². The zero-order chi connectivity index (χ0) is 14.8. The summed E-state index contributed by atoms with van der Waals surface area (Å²) in [6, 6.07) is 10.4. The SMILES string of the molecule is CCOP(=O)(C/C=C(\C)CCc1ccccc1)OCC. The molecule has 0 saturated heterocycles. The summed E-state index contributed by atoms with van der Waals surface area (Å²) in [4.78, 5) is 0. The van der Waals surface area contributed by atoms with Gasteiger partial charge in [0.15, 0.2) is 0 Å². The fourth-order valence-corrected chi connectivity index (χ4v) is 3.50. The molecule has 0 bridgehead atoms. The number of allylic oxidation sites excluding steroid dienone is 2. The molecule has 0 aliphatic heterocycles. The molecule has 1 aromatic carbocycles. The van der Waals surface area contributed by atoms with Gasteiger partial charge in [0.05, 0.1) is 19.4 Å². The van der Waals surface area contributed by atoms with Crippen molar-refractivity contribution >= 4 is 7.60 Å². The van der Waals surface area contributed by atoms with Crippen molar-refractivity contribution in [2.24, 2.45) is 0 Å². The fourth-order valence-electron chi connectivity index (χ4n) is 1.89. The molecule has 3 nitrogen and oxygen atoms in total. The highest BCUT2D eigenvalue weighted by atomic mass is 31.2. The third-order valence-electron chi connectivity index (χ3n) is 2.97. The van der Waals surface area contributed by atoms with E-state index in [2.05, 4.69) is 19.1 Å². The predicted molar refractivity (Wildman–Crippen MR) is 84.2 cm³/mol. The van der Waals surface area contributed by atoms with Gasteiger partial charge >= 0.3 is 7.60 Å². The summed E-state index contributed by atoms with van der Waals surface area (Å²) in [5, 5.41) is 0. The molecule has 0 N–H and O–H groups in total. The van der Waals surface area contributed by atoms with Gasteiger partial charge in [-0.2, -0.15) is 0 Å². The van der Waals surface area contributed by atoms with Crippen LogP contribution in [0.3, 0.4) is 0 Å². The van der Waals surface area contributed by atoms with Crippen LogP contribution in [0.25, 0.3) is 0 Å². The molecule has 0 fully saturated rings. The van der Waals surface area contributed by atoms with E-state index in [0.717, 1.165) is 12.8 Å². The first kappa shape index (κ1) is 17.2. The molecule has 4 heteroatoms. The van der Waals surface area contributed by atoms with Gasteiger partial charge in [0.2, 0.25) is 0 Å². The maximum absolute atomic E-state index is 12.3. The van der Waals surface area contributed by atoms with Gasteiger partial charge < -0.3 is 9.05 Å². The highest BCUT2D eigenvalue weighted by molar-refractivity contribution is 7.54. The quantitative estimate of drug-likeness (QED) is 0.483. The van der Waals surface area contributed by atoms with E-state index in [1.165, 1.54) is 11.1 Å². The first-order valence-electron chi connectivity index (χ1n) is 7.17. The molecule has 0 aromatic heterocycles. The van der Waals surface area contributed by atoms with E-state index in [0.29, 0.717) is 19.4 Å². The Balaban J connectivity index is 2.49. The van der Waals surface area contributed by atoms with Crippen LogP contribution in [0.2, 0.25) is 0 Å². The number of rotatable bonds is 9. The maximum Gasteiger partial charge on any atom is 0.334 e. The van der Waals surface area contributed by atoms with Crippen LogP contribution in [0.1, 0.15) is 32.8 Å². The molecule has 0 unspecified atom stereocenters. The van der Waals surface area contributed by atoms with Gasteiger partial charge in [-0.15, -0.1) is 0 Å². The Kier molecular flexibility index (Phi) is 7.83. The first-order valence-corrected chi connectivity index (χ1v) is 8.90. The Morgan fingerprint density at radius 2 is 1.75 bits per heavy atom. The zero-order valence-electron chi connectivity index (χ0n) is 12.7. The molecule has 1 aromatic rings. The lowest BCUT2D eigenvalue weighted by Gasteiger charge is -2.15. The lowest BCUT2D eigenvalue weighted by molar-refractivity contribution is 0.222. The van der Waals surface area contributed by atoms with E-state index in [1.54, 1.807) is 0 Å². The Bertz CT molecular complexity index is 444. The second-order valence-corrected chi connectivity index (χ2v) is 6.77. The number of hydrogen-bond acceptors (Lipinski definition) is 3. The third kappa shape index (κ3) is 6.51. The van der Waals surface area contributed by atoms with Crippen LogP contribution in [0, 0.1) is 0 Å². The van der Waals surface area contributed by atoms with Crippen LogP contribution in [0.5, 0.6) is 0 Å². The molecular formula is C16H25O3P. The molecule has 112 valence electrons. The molecule has 1 rings (SSSR count). The van der Waals surface area contributed by atoms with E-state index in [9.17, 15) is 4.57 Å². The van der Waals surface area contributed by atoms with E-state index >= 15 is 0 Å². The van der Waals surface area contributed by atoms with Crippen molar-refractivity contribution < 1.29 is 13.6 Å². The minimum Gasteiger partial charge on any atom is -0.309 e. The van der Waals surface area contributed by atoms with E-state index in [1.807, 2.05) is 38.1 Å². The van der Waals surface area contributed by atoms with Crippen molar-refractivity contribution in [2.45, 2.75) is 33.6 Å². The average molecular weight is 296 g/mol. The van der Waals surface area contributed by atoms with Crippen molar-refractivity contribution in [3.05, 3.63) is 47.5 Å². The lowest BCUT2D eigenvalue weighted by atomic mass is 10.1. The Morgan fingerprint density at radius 3 is 2.30 bits per heavy atom. The first-order chi connectivity index (χ1) is 9.59. The Labute approximate surface area is 122 Å². The molecule has 0 saturated carbocycles. The number of aryl methyl sites for hydroxylation is 1. The van der Waals surface area contributed by atoms with Crippen molar-refractivity contribution in [1.82, 2.24) is 0 Å². The number of hydrogen-bond donors (Lipinski definition) is 0. The second-order valence-electron chi connectivity index (χ2n) is 4.67. The Morgan fingerprint density at radius 1 is 1.15 bits per heavy atom. The summed E-state index contributed by atoms with van der Waals surface area (Å²) in [6.07, 6.45) is 4.29. The summed E-state index contributed by atoms with van der Waals surface area (Å²) in [7, 11) is -2.95. The lowest BCUT2D eigenvalue weighted by Crippen LogP contribution is -1.99. The van der Waals surface area contributed by atoms with E-state index < -0.39 is 7.60 Å². The van der Waals surface area contributed by atoms with Crippen LogP contribution >= 0.6 is 7.60 Å². The van der Waals surface area contributed by atoms with Crippen LogP contribution in [-0.4, -0.2) is 19.4 Å². The van der Waals surface area contributed by atoms with Crippen LogP contribution in [0.4, 0.5) is 0 Å². The van der Waals surface area contributed by atoms with Gasteiger partial charge in [-0.1, -0.05) is 42.0 Å². The zero-order valence-corrected chi connectivity index (χ0v) is 13.6. The fraction of sp³-hybridized carbons (Fsp3) is 0.500. The van der Waals surface area contributed by atoms with Crippen LogP contribution < -0.4 is 0 Å². The molecule has 0 heterocycles. The predicted octanol–water partition coefficient (Wildman–Crippen LogP) is 4.83. The molecule has 0 radical (unpaired) electrons. The van der Waals surface area contributed by atoms with Crippen LogP contribution in [0.15, 0.2) is 42.0 Å². The van der Waals surface area contributed by atoms with Crippen molar-refractivity contribution in [1.29, 1.82) is 0 Å². The van der Waals surface area contributed by atoms with Gasteiger partial charge in [-0.05, 0) is 39.2 Å². The Hall–Kier alpha value is -0.890. The average Bonchev–Trinajstić information content (AvgIpc) is 2.45. The molecule has 0 amide bonds. The minimum absolute atomic E-state index is 0.356. The monoisotopic (exact) mass is 296 g/mol. The van der Waals surface area contributed by atoms with Gasteiger partial charge in [-0.3, -0.25) is 4.57 Å². The highest BCUT2D eigenvalue weighted by Crippen LogP contribution is 2.48. The highest BCUT2D eigenvalue weighted by Gasteiger charge is 2.21. The topological polar surface area (TPSA) is 35.5 Å². The summed E-state index contributed by atoms with van der Waals surface area (Å²) in [5.41, 5.74) is 2.53. The minimum atomic E-state index is -2.95. The largest absolute Gasteiger partial charge is 0.334 e. The molecule has 0 aliphatic rings. The summed E-state index contributed by atoms with van der Waals surface area (Å²) < 4.78 is 22.8. The smallest absolute Gasteiger partial charge is 0.309 e. The van der Waals surface area contributed by atoms with Gasteiger partial charge in [0.25, 0.3) is 0 Å². The maximum atomic E-state index is 12.3. The van der Waals surface area contributed by atoms with E-state index in [-0.39, 0.29) is 0 Å². The summed E-state index contributed by atoms with van der Waals surface area (Å²) in [6.45, 7) is 6.54. The van der Waals surface area contributed by atoms with Crippen molar-refractivity contribution in [3.8, 4) is 0 Å². The van der Waals surface area contributed by atoms with Gasteiger partial charge in [0.1, 0.15) is 0 Å². The van der Waals surface area contributed by atoms with Crippen LogP contribution in [-0.2, 0) is 20.0 Å². The third-order valence-corrected chi connectivity index (χ3v) is 4.90. The molecule has 0 atom stereocenters. The molecule has 0 spiro atoms. The molecule has 0 aliphatic carbocycles. The molecule has 20 heavy (non-hydrogen) atoms. The number of benzene rings is 1. The summed E-state index contributed by atoms with van der Waals surface area (Å²) in [5.74, 6) is 0. The normalized spacial score (nSPS) is 12.7. The van der Waals surface area contributed by atoms with Gasteiger partial charge in [-0.25, -0.2) is 0 Å². The second kappa shape index (κ2) is 9.12. The van der Waals surface area contributed by atoms with E-state index in [4.69, 9.17) is 9.05 Å². The summed E-state index contributed by atoms with van der Waals surface area (Å²) >= 11 is 0.